The molecule has 7 nitrogen and oxygen atoms in total. The number of thioether (sulfide) groups is 1. The lowest BCUT2D eigenvalue weighted by Crippen LogP contribution is -2.32. The molecule has 2 aromatic carbocycles. The molecule has 142 valence electrons. The van der Waals surface area contributed by atoms with Gasteiger partial charge in [-0.15, -0.1) is 11.8 Å². The number of rotatable bonds is 5. The summed E-state index contributed by atoms with van der Waals surface area (Å²) < 4.78 is 4.96. The third-order valence-electron chi connectivity index (χ3n) is 3.80. The fourth-order valence-electron chi connectivity index (χ4n) is 2.49. The maximum atomic E-state index is 12.1. The van der Waals surface area contributed by atoms with Gasteiger partial charge in [0.05, 0.1) is 28.6 Å². The maximum absolute atomic E-state index is 12.1. The van der Waals surface area contributed by atoms with Crippen molar-refractivity contribution < 1.29 is 19.1 Å². The van der Waals surface area contributed by atoms with Crippen molar-refractivity contribution in [2.75, 3.05) is 17.2 Å². The van der Waals surface area contributed by atoms with Crippen molar-refractivity contribution in [3.8, 4) is 6.07 Å². The first-order chi connectivity index (χ1) is 13.5. The number of anilines is 2. The van der Waals surface area contributed by atoms with E-state index in [-0.39, 0.29) is 23.6 Å². The van der Waals surface area contributed by atoms with Gasteiger partial charge >= 0.3 is 5.97 Å². The molecular formula is C19H14ClN3O4S. The molecule has 9 heteroatoms. The number of para-hydroxylation sites is 1. The molecule has 0 saturated carbocycles. The minimum atomic E-state index is -0.672. The Hall–Kier alpha value is -3.02. The van der Waals surface area contributed by atoms with E-state index in [0.717, 1.165) is 4.90 Å². The van der Waals surface area contributed by atoms with E-state index < -0.39 is 23.7 Å². The van der Waals surface area contributed by atoms with Gasteiger partial charge < -0.3 is 15.4 Å². The molecule has 0 aliphatic carbocycles. The summed E-state index contributed by atoms with van der Waals surface area (Å²) in [6.07, 6.45) is -0.168. The highest BCUT2D eigenvalue weighted by atomic mass is 35.5. The number of carbonyl (C=O) groups is 3. The van der Waals surface area contributed by atoms with E-state index in [1.54, 1.807) is 6.07 Å². The molecule has 0 bridgehead atoms. The van der Waals surface area contributed by atoms with E-state index in [1.807, 2.05) is 24.3 Å². The van der Waals surface area contributed by atoms with Crippen LogP contribution in [0.2, 0.25) is 5.02 Å². The van der Waals surface area contributed by atoms with Gasteiger partial charge in [-0.05, 0) is 30.3 Å². The molecule has 2 N–H and O–H groups in total. The minimum absolute atomic E-state index is 0.168. The second kappa shape index (κ2) is 8.78. The van der Waals surface area contributed by atoms with Crippen LogP contribution in [-0.2, 0) is 19.1 Å². The summed E-state index contributed by atoms with van der Waals surface area (Å²) >= 11 is 7.13. The van der Waals surface area contributed by atoms with Gasteiger partial charge in [0.1, 0.15) is 6.07 Å². The number of nitrogens with one attached hydrogen (secondary N) is 2. The second-order valence-electron chi connectivity index (χ2n) is 5.81. The normalized spacial score (nSPS) is 15.0. The monoisotopic (exact) mass is 415 g/mol. The van der Waals surface area contributed by atoms with Crippen molar-refractivity contribution in [2.24, 2.45) is 0 Å². The Labute approximate surface area is 170 Å². The number of amides is 2. The van der Waals surface area contributed by atoms with E-state index >= 15 is 0 Å². The van der Waals surface area contributed by atoms with Gasteiger partial charge in [0.25, 0.3) is 5.91 Å². The number of fused-ring (bicyclic) bond motifs is 1. The Morgan fingerprint density at radius 2 is 2.07 bits per heavy atom. The average molecular weight is 416 g/mol. The molecular weight excluding hydrogens is 402 g/mol. The van der Waals surface area contributed by atoms with Crippen molar-refractivity contribution in [1.29, 1.82) is 5.26 Å². The maximum Gasteiger partial charge on any atom is 0.307 e. The predicted molar refractivity (Wildman–Crippen MR) is 105 cm³/mol. The standard InChI is InChI=1S/C19H14ClN3O4S/c20-12-6-5-11(9-21)14(7-12)22-17(24)10-27-18(25)8-16-19(26)23-13-3-1-2-4-15(13)28-16/h1-7,16H,8,10H2,(H,22,24)(H,23,26)/t16-/m0/s1. The molecule has 0 fully saturated rings. The van der Waals surface area contributed by atoms with Crippen LogP contribution in [0.5, 0.6) is 0 Å². The average Bonchev–Trinajstić information content (AvgIpc) is 2.67. The SMILES string of the molecule is N#Cc1ccc(Cl)cc1NC(=O)COC(=O)C[C@@H]1Sc2ccccc2NC1=O. The minimum Gasteiger partial charge on any atom is -0.456 e. The molecule has 1 aliphatic heterocycles. The lowest BCUT2D eigenvalue weighted by molar-refractivity contribution is -0.147. The molecule has 0 aromatic heterocycles. The predicted octanol–water partition coefficient (Wildman–Crippen LogP) is 3.20. The summed E-state index contributed by atoms with van der Waals surface area (Å²) in [5, 5.41) is 14.0. The van der Waals surface area contributed by atoms with E-state index in [0.29, 0.717) is 10.7 Å². The highest BCUT2D eigenvalue weighted by Gasteiger charge is 2.29. The summed E-state index contributed by atoms with van der Waals surface area (Å²) in [5.41, 5.74) is 1.17. The molecule has 28 heavy (non-hydrogen) atoms. The van der Waals surface area contributed by atoms with Crippen LogP contribution in [0.4, 0.5) is 11.4 Å². The summed E-state index contributed by atoms with van der Waals surface area (Å²) in [6.45, 7) is -0.536. The van der Waals surface area contributed by atoms with Gasteiger partial charge in [0.2, 0.25) is 5.91 Å². The van der Waals surface area contributed by atoms with Crippen molar-refractivity contribution in [3.63, 3.8) is 0 Å². The van der Waals surface area contributed by atoms with Crippen LogP contribution in [0.1, 0.15) is 12.0 Å². The summed E-state index contributed by atoms with van der Waals surface area (Å²) in [5.74, 6) is -1.57. The molecule has 3 rings (SSSR count). The van der Waals surface area contributed by atoms with Crippen molar-refractivity contribution in [1.82, 2.24) is 0 Å². The highest BCUT2D eigenvalue weighted by Crippen LogP contribution is 2.36. The van der Waals surface area contributed by atoms with E-state index in [9.17, 15) is 14.4 Å². The number of carbonyl (C=O) groups excluding carboxylic acids is 3. The number of nitrogens with zero attached hydrogens (tertiary/aromatic N) is 1. The number of nitriles is 1. The molecule has 2 amide bonds. The van der Waals surface area contributed by atoms with Crippen molar-refractivity contribution in [2.45, 2.75) is 16.6 Å². The Morgan fingerprint density at radius 3 is 2.86 bits per heavy atom. The first-order valence-corrected chi connectivity index (χ1v) is 9.43. The lowest BCUT2D eigenvalue weighted by Gasteiger charge is -2.23. The smallest absolute Gasteiger partial charge is 0.307 e. The summed E-state index contributed by atoms with van der Waals surface area (Å²) in [7, 11) is 0. The van der Waals surface area contributed by atoms with Gasteiger partial charge in [0, 0.05) is 9.92 Å². The summed E-state index contributed by atoms with van der Waals surface area (Å²) in [4.78, 5) is 37.0. The molecule has 0 unspecified atom stereocenters. The van der Waals surface area contributed by atoms with Crippen molar-refractivity contribution in [3.05, 3.63) is 53.1 Å². The molecule has 0 saturated heterocycles. The first kappa shape index (κ1) is 19.7. The van der Waals surface area contributed by atoms with Crippen LogP contribution >= 0.6 is 23.4 Å². The Bertz CT molecular complexity index is 989. The number of hydrogen-bond donors (Lipinski definition) is 2. The lowest BCUT2D eigenvalue weighted by atomic mass is 10.2. The van der Waals surface area contributed by atoms with Crippen LogP contribution < -0.4 is 10.6 Å². The van der Waals surface area contributed by atoms with Crippen molar-refractivity contribution >= 4 is 52.5 Å². The molecule has 1 aliphatic rings. The molecule has 0 spiro atoms. The topological polar surface area (TPSA) is 108 Å². The van der Waals surface area contributed by atoms with Gasteiger partial charge in [-0.25, -0.2) is 0 Å². The Balaban J connectivity index is 1.52. The largest absolute Gasteiger partial charge is 0.456 e. The number of ether oxygens (including phenoxy) is 1. The zero-order valence-electron chi connectivity index (χ0n) is 14.4. The molecule has 2 aromatic rings. The van der Waals surface area contributed by atoms with Gasteiger partial charge in [-0.2, -0.15) is 5.26 Å². The molecule has 1 heterocycles. The highest BCUT2D eigenvalue weighted by molar-refractivity contribution is 8.01. The van der Waals surface area contributed by atoms with E-state index in [4.69, 9.17) is 21.6 Å². The van der Waals surface area contributed by atoms with Gasteiger partial charge in [-0.1, -0.05) is 23.7 Å². The number of hydrogen-bond acceptors (Lipinski definition) is 6. The van der Waals surface area contributed by atoms with Gasteiger partial charge in [0.15, 0.2) is 6.61 Å². The fourth-order valence-corrected chi connectivity index (χ4v) is 3.75. The Kier molecular flexibility index (Phi) is 6.19. The van der Waals surface area contributed by atoms with E-state index in [1.165, 1.54) is 30.0 Å². The number of benzene rings is 2. The van der Waals surface area contributed by atoms with Gasteiger partial charge in [-0.3, -0.25) is 14.4 Å². The zero-order chi connectivity index (χ0) is 20.1. The van der Waals surface area contributed by atoms with Crippen LogP contribution in [0.15, 0.2) is 47.4 Å². The van der Waals surface area contributed by atoms with Crippen LogP contribution in [0.25, 0.3) is 0 Å². The molecule has 1 atom stereocenters. The second-order valence-corrected chi connectivity index (χ2v) is 7.49. The van der Waals surface area contributed by atoms with E-state index in [2.05, 4.69) is 10.6 Å². The fraction of sp³-hybridized carbons (Fsp3) is 0.158. The first-order valence-electron chi connectivity index (χ1n) is 8.18. The number of halogens is 1. The van der Waals surface area contributed by atoms with Crippen LogP contribution in [0.3, 0.4) is 0 Å². The Morgan fingerprint density at radius 1 is 1.29 bits per heavy atom. The van der Waals surface area contributed by atoms with Crippen LogP contribution in [0, 0.1) is 11.3 Å². The number of esters is 1. The molecule has 0 radical (unpaired) electrons. The van der Waals surface area contributed by atoms with Crippen LogP contribution in [-0.4, -0.2) is 29.6 Å². The third-order valence-corrected chi connectivity index (χ3v) is 5.31. The third kappa shape index (κ3) is 4.82. The summed E-state index contributed by atoms with van der Waals surface area (Å²) in [6, 6.07) is 13.6. The zero-order valence-corrected chi connectivity index (χ0v) is 16.0. The quantitative estimate of drug-likeness (QED) is 0.726.